The summed E-state index contributed by atoms with van der Waals surface area (Å²) < 4.78 is 31.8. The Labute approximate surface area is 179 Å². The fourth-order valence-corrected chi connectivity index (χ4v) is 3.85. The predicted octanol–water partition coefficient (Wildman–Crippen LogP) is 3.86. The van der Waals surface area contributed by atoms with Crippen LogP contribution >= 0.6 is 23.2 Å². The van der Waals surface area contributed by atoms with Gasteiger partial charge in [0.25, 0.3) is 5.91 Å². The number of benzene rings is 2. The summed E-state index contributed by atoms with van der Waals surface area (Å²) in [6.45, 7) is 4.80. The highest BCUT2D eigenvalue weighted by molar-refractivity contribution is 7.89. The van der Waals surface area contributed by atoms with E-state index >= 15 is 0 Å². The number of sulfonamides is 1. The van der Waals surface area contributed by atoms with Crippen LogP contribution in [0, 0.1) is 0 Å². The highest BCUT2D eigenvalue weighted by Crippen LogP contribution is 2.25. The van der Waals surface area contributed by atoms with Crippen molar-refractivity contribution in [3.63, 3.8) is 0 Å². The van der Waals surface area contributed by atoms with Gasteiger partial charge in [-0.2, -0.15) is 0 Å². The second-order valence-corrected chi connectivity index (χ2v) is 9.02. The van der Waals surface area contributed by atoms with Crippen LogP contribution in [0.5, 0.6) is 0 Å². The average molecular weight is 459 g/mol. The van der Waals surface area contributed by atoms with Crippen molar-refractivity contribution in [2.24, 2.45) is 0 Å². The molecule has 156 valence electrons. The van der Waals surface area contributed by atoms with Crippen molar-refractivity contribution in [3.05, 3.63) is 58.1 Å². The molecule has 0 fully saturated rings. The summed E-state index contributed by atoms with van der Waals surface area (Å²) in [5.41, 5.74) is 0.396. The molecule has 10 heteroatoms. The van der Waals surface area contributed by atoms with E-state index in [9.17, 15) is 18.0 Å². The van der Waals surface area contributed by atoms with E-state index in [4.69, 9.17) is 27.9 Å². The molecule has 1 unspecified atom stereocenters. The van der Waals surface area contributed by atoms with Crippen LogP contribution in [0.3, 0.4) is 0 Å². The number of carbonyl (C=O) groups excluding carboxylic acids is 2. The molecule has 29 heavy (non-hydrogen) atoms. The molecule has 2 N–H and O–H groups in total. The lowest BCUT2D eigenvalue weighted by Gasteiger charge is -2.15. The van der Waals surface area contributed by atoms with E-state index in [0.717, 1.165) is 0 Å². The summed E-state index contributed by atoms with van der Waals surface area (Å²) in [7, 11) is -3.67. The Balaban J connectivity index is 2.03. The zero-order valence-electron chi connectivity index (χ0n) is 15.9. The molecule has 0 aromatic heterocycles. The molecule has 2 aromatic carbocycles. The first-order valence-corrected chi connectivity index (χ1v) is 10.8. The van der Waals surface area contributed by atoms with E-state index in [1.165, 1.54) is 43.3 Å². The Kier molecular flexibility index (Phi) is 7.65. The van der Waals surface area contributed by atoms with Crippen molar-refractivity contribution in [1.29, 1.82) is 0 Å². The summed E-state index contributed by atoms with van der Waals surface area (Å²) in [6, 6.07) is 9.52. The SMILES string of the molecule is CC(C)NS(=O)(=O)c1ccc(C(=O)OC(C)C(=O)Nc2cc(Cl)ccc2Cl)cc1. The Morgan fingerprint density at radius 3 is 2.21 bits per heavy atom. The average Bonchev–Trinajstić information content (AvgIpc) is 2.63. The Hall–Kier alpha value is -2.13. The van der Waals surface area contributed by atoms with E-state index in [1.54, 1.807) is 19.9 Å². The van der Waals surface area contributed by atoms with Crippen LogP contribution < -0.4 is 10.0 Å². The molecule has 0 saturated heterocycles. The molecule has 7 nitrogen and oxygen atoms in total. The van der Waals surface area contributed by atoms with E-state index < -0.39 is 28.0 Å². The Bertz CT molecular complexity index is 1010. The molecule has 0 aliphatic carbocycles. The van der Waals surface area contributed by atoms with Gasteiger partial charge in [0.1, 0.15) is 0 Å². The number of esters is 1. The minimum Gasteiger partial charge on any atom is -0.449 e. The number of halogens is 2. The molecule has 0 bridgehead atoms. The van der Waals surface area contributed by atoms with Crippen LogP contribution in [0.1, 0.15) is 31.1 Å². The Morgan fingerprint density at radius 1 is 1.00 bits per heavy atom. The molecule has 0 aliphatic heterocycles. The second kappa shape index (κ2) is 9.58. The first-order chi connectivity index (χ1) is 13.5. The van der Waals surface area contributed by atoms with Gasteiger partial charge in [0.2, 0.25) is 10.0 Å². The van der Waals surface area contributed by atoms with Crippen LogP contribution in [-0.2, 0) is 19.6 Å². The molecule has 0 aliphatic rings. The van der Waals surface area contributed by atoms with E-state index in [-0.39, 0.29) is 21.5 Å². The van der Waals surface area contributed by atoms with Crippen molar-refractivity contribution < 1.29 is 22.7 Å². The molecule has 0 heterocycles. The van der Waals surface area contributed by atoms with Crippen LogP contribution in [0.4, 0.5) is 5.69 Å². The number of carbonyl (C=O) groups is 2. The van der Waals surface area contributed by atoms with E-state index in [1.807, 2.05) is 0 Å². The smallest absolute Gasteiger partial charge is 0.338 e. The molecule has 2 aromatic rings. The number of hydrogen-bond acceptors (Lipinski definition) is 5. The zero-order chi connectivity index (χ0) is 21.8. The van der Waals surface area contributed by atoms with Gasteiger partial charge in [-0.05, 0) is 63.2 Å². The van der Waals surface area contributed by atoms with E-state index in [0.29, 0.717) is 10.7 Å². The maximum Gasteiger partial charge on any atom is 0.338 e. The van der Waals surface area contributed by atoms with Gasteiger partial charge in [-0.1, -0.05) is 23.2 Å². The number of ether oxygens (including phenoxy) is 1. The molecule has 1 atom stereocenters. The molecule has 0 saturated carbocycles. The third-order valence-electron chi connectivity index (χ3n) is 3.63. The van der Waals surface area contributed by atoms with Gasteiger partial charge in [0.05, 0.1) is 21.2 Å². The van der Waals surface area contributed by atoms with Gasteiger partial charge in [-0.25, -0.2) is 17.9 Å². The molecule has 2 rings (SSSR count). The molecular weight excluding hydrogens is 439 g/mol. The summed E-state index contributed by atoms with van der Waals surface area (Å²) in [5.74, 6) is -1.37. The number of nitrogens with one attached hydrogen (secondary N) is 2. The summed E-state index contributed by atoms with van der Waals surface area (Å²) in [5, 5.41) is 3.21. The van der Waals surface area contributed by atoms with Crippen LogP contribution in [0.15, 0.2) is 47.4 Å². The number of hydrogen-bond donors (Lipinski definition) is 2. The Morgan fingerprint density at radius 2 is 1.62 bits per heavy atom. The lowest BCUT2D eigenvalue weighted by Crippen LogP contribution is -2.30. The molecule has 1 amide bonds. The third-order valence-corrected chi connectivity index (χ3v) is 5.87. The van der Waals surface area contributed by atoms with Crippen molar-refractivity contribution in [3.8, 4) is 0 Å². The van der Waals surface area contributed by atoms with Gasteiger partial charge in [0, 0.05) is 11.1 Å². The van der Waals surface area contributed by atoms with Crippen molar-refractivity contribution in [2.45, 2.75) is 37.8 Å². The van der Waals surface area contributed by atoms with Crippen LogP contribution in [0.2, 0.25) is 10.0 Å². The second-order valence-electron chi connectivity index (χ2n) is 6.46. The summed E-state index contributed by atoms with van der Waals surface area (Å²) in [4.78, 5) is 24.5. The third kappa shape index (κ3) is 6.43. The standard InChI is InChI=1S/C19H20Cl2N2O5S/c1-11(2)23-29(26,27)15-7-4-13(5-8-15)19(25)28-12(3)18(24)22-17-10-14(20)6-9-16(17)21/h4-12,23H,1-3H3,(H,22,24). The normalized spacial score (nSPS) is 12.5. The molecule has 0 radical (unpaired) electrons. The van der Waals surface area contributed by atoms with Crippen molar-refractivity contribution >= 4 is 50.8 Å². The lowest BCUT2D eigenvalue weighted by atomic mass is 10.2. The van der Waals surface area contributed by atoms with Gasteiger partial charge in [-0.3, -0.25) is 4.79 Å². The predicted molar refractivity (Wildman–Crippen MR) is 112 cm³/mol. The monoisotopic (exact) mass is 458 g/mol. The van der Waals surface area contributed by atoms with Gasteiger partial charge < -0.3 is 10.1 Å². The quantitative estimate of drug-likeness (QED) is 0.613. The van der Waals surface area contributed by atoms with Crippen molar-refractivity contribution in [2.75, 3.05) is 5.32 Å². The van der Waals surface area contributed by atoms with Crippen molar-refractivity contribution in [1.82, 2.24) is 4.72 Å². The van der Waals surface area contributed by atoms with E-state index in [2.05, 4.69) is 10.0 Å². The zero-order valence-corrected chi connectivity index (χ0v) is 18.2. The maximum atomic E-state index is 12.3. The lowest BCUT2D eigenvalue weighted by molar-refractivity contribution is -0.123. The fourth-order valence-electron chi connectivity index (χ4n) is 2.26. The minimum atomic E-state index is -3.67. The van der Waals surface area contributed by atoms with Gasteiger partial charge >= 0.3 is 5.97 Å². The first kappa shape index (κ1) is 23.2. The minimum absolute atomic E-state index is 0.0177. The fraction of sp³-hybridized carbons (Fsp3) is 0.263. The maximum absolute atomic E-state index is 12.3. The number of rotatable bonds is 7. The molecular formula is C19H20Cl2N2O5S. The summed E-state index contributed by atoms with van der Waals surface area (Å²) in [6.07, 6.45) is -1.12. The molecule has 0 spiro atoms. The van der Waals surface area contributed by atoms with Gasteiger partial charge in [-0.15, -0.1) is 0 Å². The summed E-state index contributed by atoms with van der Waals surface area (Å²) >= 11 is 11.9. The highest BCUT2D eigenvalue weighted by atomic mass is 35.5. The largest absolute Gasteiger partial charge is 0.449 e. The topological polar surface area (TPSA) is 102 Å². The van der Waals surface area contributed by atoms with Gasteiger partial charge in [0.15, 0.2) is 6.10 Å². The van der Waals surface area contributed by atoms with Crippen LogP contribution in [0.25, 0.3) is 0 Å². The highest BCUT2D eigenvalue weighted by Gasteiger charge is 2.21. The van der Waals surface area contributed by atoms with Crippen LogP contribution in [-0.4, -0.2) is 32.4 Å². The number of amides is 1. The number of anilines is 1. The first-order valence-electron chi connectivity index (χ1n) is 8.59.